The minimum Gasteiger partial charge on any atom is -0.426 e. The van der Waals surface area contributed by atoms with E-state index in [1.807, 2.05) is 31.2 Å². The van der Waals surface area contributed by atoms with Crippen molar-refractivity contribution in [2.24, 2.45) is 4.99 Å². The number of allylic oxidation sites excluding steroid dienone is 3. The first-order valence-electron chi connectivity index (χ1n) is 12.2. The van der Waals surface area contributed by atoms with Gasteiger partial charge in [0.05, 0.1) is 25.3 Å². The summed E-state index contributed by atoms with van der Waals surface area (Å²) >= 11 is 6.19. The van der Waals surface area contributed by atoms with Gasteiger partial charge in [0.1, 0.15) is 17.6 Å². The topological polar surface area (TPSA) is 105 Å². The van der Waals surface area contributed by atoms with Crippen LogP contribution in [0.4, 0.5) is 5.69 Å². The molecular formula is C27H25BClN5O3. The van der Waals surface area contributed by atoms with Crippen LogP contribution < -0.4 is 10.5 Å². The van der Waals surface area contributed by atoms with E-state index in [9.17, 15) is 4.79 Å². The van der Waals surface area contributed by atoms with E-state index in [4.69, 9.17) is 31.8 Å². The molecule has 1 atom stereocenters. The fourth-order valence-corrected chi connectivity index (χ4v) is 5.39. The number of halogens is 1. The van der Waals surface area contributed by atoms with E-state index in [1.165, 1.54) is 11.0 Å². The van der Waals surface area contributed by atoms with Crippen LogP contribution in [0.1, 0.15) is 54.6 Å². The first-order chi connectivity index (χ1) is 17.8. The maximum absolute atomic E-state index is 13.3. The number of aromatic nitrogens is 3. The summed E-state index contributed by atoms with van der Waals surface area (Å²) in [6.45, 7) is 6.94. The van der Waals surface area contributed by atoms with Gasteiger partial charge in [-0.3, -0.25) is 14.4 Å². The Labute approximate surface area is 220 Å². The molecule has 3 aliphatic rings. The van der Waals surface area contributed by atoms with E-state index in [0.717, 1.165) is 46.7 Å². The molecule has 0 spiro atoms. The lowest BCUT2D eigenvalue weighted by Crippen LogP contribution is -2.17. The molecule has 37 heavy (non-hydrogen) atoms. The summed E-state index contributed by atoms with van der Waals surface area (Å²) in [4.78, 5) is 18.4. The normalized spacial score (nSPS) is 18.2. The second kappa shape index (κ2) is 9.01. The second-order valence-corrected chi connectivity index (χ2v) is 10.1. The van der Waals surface area contributed by atoms with Gasteiger partial charge in [0.2, 0.25) is 7.28 Å². The summed E-state index contributed by atoms with van der Waals surface area (Å²) in [5.74, 6) is 1.43. The number of carbonyl (C=O) groups excluding carboxylic acids is 1. The highest BCUT2D eigenvalue weighted by Crippen LogP contribution is 2.39. The zero-order chi connectivity index (χ0) is 25.8. The number of aliphatic imine (C=N–C) groups is 1. The minimum atomic E-state index is -0.587. The number of esters is 1. The number of nitrogens with two attached hydrogens (primary N) is 1. The average Bonchev–Trinajstić information content (AvgIpc) is 3.56. The van der Waals surface area contributed by atoms with Crippen LogP contribution in [0.3, 0.4) is 0 Å². The third-order valence-corrected chi connectivity index (χ3v) is 7.55. The van der Waals surface area contributed by atoms with Crippen molar-refractivity contribution in [3.63, 3.8) is 0 Å². The number of carbonyl (C=O) groups is 1. The standard InChI is InChI=1S/C27H25BClN5O3/c1-13-14(2)28-26-24(13)25(16-4-6-17(29)7-5-16)31-21(27-33-32-15(3)34(26)27)10-23(35)37-22-9-8-20(30)18-11-36-12-19(18)22/h4-9,21,28H,10-12,30H2,1-3H3/t21-/m0/s1. The highest BCUT2D eigenvalue weighted by Gasteiger charge is 2.35. The zero-order valence-corrected chi connectivity index (χ0v) is 21.6. The summed E-state index contributed by atoms with van der Waals surface area (Å²) in [6.07, 6.45) is -0.00245. The van der Waals surface area contributed by atoms with Crippen LogP contribution in [-0.4, -0.2) is 33.7 Å². The van der Waals surface area contributed by atoms with E-state index in [-0.39, 0.29) is 6.42 Å². The number of nitrogen functional groups attached to an aromatic ring is 1. The van der Waals surface area contributed by atoms with Gasteiger partial charge in [0.25, 0.3) is 0 Å². The number of nitrogens with zero attached hydrogens (tertiary/aromatic N) is 4. The zero-order valence-electron chi connectivity index (χ0n) is 20.8. The predicted octanol–water partition coefficient (Wildman–Crippen LogP) is 4.30. The Morgan fingerprint density at radius 2 is 1.89 bits per heavy atom. The summed E-state index contributed by atoms with van der Waals surface area (Å²) in [6, 6.07) is 10.5. The largest absolute Gasteiger partial charge is 0.426 e. The highest BCUT2D eigenvalue weighted by atomic mass is 35.5. The van der Waals surface area contributed by atoms with Crippen molar-refractivity contribution in [3.05, 3.63) is 86.4 Å². The Hall–Kier alpha value is -3.69. The van der Waals surface area contributed by atoms with Crippen LogP contribution >= 0.6 is 11.6 Å². The summed E-state index contributed by atoms with van der Waals surface area (Å²) in [5.41, 5.74) is 14.7. The Morgan fingerprint density at radius 1 is 1.14 bits per heavy atom. The number of hydrogen-bond acceptors (Lipinski definition) is 7. The molecule has 0 aliphatic carbocycles. The first-order valence-corrected chi connectivity index (χ1v) is 12.5. The number of hydrogen-bond donors (Lipinski definition) is 1. The lowest BCUT2D eigenvalue weighted by atomic mass is 9.69. The van der Waals surface area contributed by atoms with Crippen molar-refractivity contribution in [2.45, 2.75) is 46.4 Å². The summed E-state index contributed by atoms with van der Waals surface area (Å²) in [5, 5.41) is 9.47. The van der Waals surface area contributed by atoms with Gasteiger partial charge in [-0.1, -0.05) is 41.7 Å². The molecule has 0 fully saturated rings. The van der Waals surface area contributed by atoms with E-state index < -0.39 is 12.0 Å². The first kappa shape index (κ1) is 23.7. The predicted molar refractivity (Wildman–Crippen MR) is 144 cm³/mol. The van der Waals surface area contributed by atoms with Crippen LogP contribution in [0.15, 0.2) is 58.0 Å². The quantitative estimate of drug-likeness (QED) is 0.241. The number of fused-ring (bicyclic) bond motifs is 3. The number of benzene rings is 2. The molecule has 2 aromatic carbocycles. The molecule has 0 saturated carbocycles. The van der Waals surface area contributed by atoms with E-state index >= 15 is 0 Å². The Kier molecular flexibility index (Phi) is 5.77. The van der Waals surface area contributed by atoms with E-state index in [0.29, 0.717) is 35.5 Å². The van der Waals surface area contributed by atoms with Crippen LogP contribution in [0, 0.1) is 6.92 Å². The highest BCUT2D eigenvalue weighted by molar-refractivity contribution is 6.69. The summed E-state index contributed by atoms with van der Waals surface area (Å²) in [7, 11) is 0.758. The van der Waals surface area contributed by atoms with Gasteiger partial charge >= 0.3 is 5.97 Å². The van der Waals surface area contributed by atoms with Crippen molar-refractivity contribution in [2.75, 3.05) is 5.73 Å². The SMILES string of the molecule is CC1=C(C)C2=C(B1)n1c(C)nnc1[C@H](CC(=O)Oc1ccc(N)c3c1COC3)N=C2c1ccc(Cl)cc1. The lowest BCUT2D eigenvalue weighted by Gasteiger charge is -2.15. The molecular weight excluding hydrogens is 489 g/mol. The van der Waals surface area contributed by atoms with Crippen molar-refractivity contribution in [1.82, 2.24) is 14.8 Å². The third kappa shape index (κ3) is 3.99. The number of ether oxygens (including phenoxy) is 2. The Bertz CT molecular complexity index is 1550. The van der Waals surface area contributed by atoms with Crippen LogP contribution in [0.5, 0.6) is 5.75 Å². The molecule has 0 saturated heterocycles. The smallest absolute Gasteiger partial charge is 0.313 e. The van der Waals surface area contributed by atoms with Crippen molar-refractivity contribution in [3.8, 4) is 5.75 Å². The molecule has 1 aromatic heterocycles. The van der Waals surface area contributed by atoms with Crippen LogP contribution in [0.2, 0.25) is 5.02 Å². The van der Waals surface area contributed by atoms with Gasteiger partial charge in [-0.05, 0) is 38.1 Å². The number of rotatable bonds is 4. The minimum absolute atomic E-state index is 0.00245. The molecule has 10 heteroatoms. The van der Waals surface area contributed by atoms with Gasteiger partial charge in [-0.25, -0.2) is 0 Å². The average molecular weight is 514 g/mol. The molecule has 0 radical (unpaired) electrons. The van der Waals surface area contributed by atoms with Gasteiger partial charge in [0.15, 0.2) is 5.82 Å². The molecule has 3 aromatic rings. The summed E-state index contributed by atoms with van der Waals surface area (Å²) < 4.78 is 13.4. The van der Waals surface area contributed by atoms with Gasteiger partial charge in [-0.2, -0.15) is 0 Å². The maximum Gasteiger partial charge on any atom is 0.313 e. The molecule has 0 amide bonds. The van der Waals surface area contributed by atoms with Crippen molar-refractivity contribution in [1.29, 1.82) is 0 Å². The molecule has 3 aliphatic heterocycles. The number of anilines is 1. The van der Waals surface area contributed by atoms with E-state index in [1.54, 1.807) is 12.1 Å². The fourth-order valence-electron chi connectivity index (χ4n) is 5.27. The molecule has 0 bridgehead atoms. The van der Waals surface area contributed by atoms with Crippen molar-refractivity contribution < 1.29 is 14.3 Å². The molecule has 4 heterocycles. The lowest BCUT2D eigenvalue weighted by molar-refractivity contribution is -0.134. The Morgan fingerprint density at radius 3 is 2.68 bits per heavy atom. The van der Waals surface area contributed by atoms with Crippen LogP contribution in [-0.2, 0) is 22.7 Å². The molecule has 186 valence electrons. The number of aryl methyl sites for hydroxylation is 1. The molecule has 6 rings (SSSR count). The van der Waals surface area contributed by atoms with Gasteiger partial charge in [0, 0.05) is 38.6 Å². The van der Waals surface area contributed by atoms with Crippen LogP contribution in [0.25, 0.3) is 5.60 Å². The Balaban J connectivity index is 1.41. The van der Waals surface area contributed by atoms with E-state index in [2.05, 4.69) is 28.6 Å². The maximum atomic E-state index is 13.3. The van der Waals surface area contributed by atoms with Gasteiger partial charge < -0.3 is 15.2 Å². The molecule has 2 N–H and O–H groups in total. The fraction of sp³-hybridized carbons (Fsp3) is 0.259. The molecule has 8 nitrogen and oxygen atoms in total. The third-order valence-electron chi connectivity index (χ3n) is 7.29. The molecule has 0 unspecified atom stereocenters. The second-order valence-electron chi connectivity index (χ2n) is 9.63. The van der Waals surface area contributed by atoms with Crippen molar-refractivity contribution >= 4 is 41.8 Å². The monoisotopic (exact) mass is 513 g/mol. The van der Waals surface area contributed by atoms with Gasteiger partial charge in [-0.15, -0.1) is 10.2 Å².